The summed E-state index contributed by atoms with van der Waals surface area (Å²) in [7, 11) is 1.32. The van der Waals surface area contributed by atoms with Crippen LogP contribution in [-0.4, -0.2) is 25.6 Å². The highest BCUT2D eigenvalue weighted by Gasteiger charge is 2.17. The topological polar surface area (TPSA) is 64.6 Å². The van der Waals surface area contributed by atoms with Crippen LogP contribution < -0.4 is 10.1 Å². The Bertz CT molecular complexity index is 1080. The fraction of sp³-hybridized carbons (Fsp3) is 0.200. The summed E-state index contributed by atoms with van der Waals surface area (Å²) in [6, 6.07) is 17.5. The van der Waals surface area contributed by atoms with Crippen molar-refractivity contribution in [2.75, 3.05) is 13.7 Å². The maximum atomic E-state index is 13.0. The lowest BCUT2D eigenvalue weighted by molar-refractivity contribution is 0.0600. The van der Waals surface area contributed by atoms with Crippen LogP contribution in [0.3, 0.4) is 0 Å². The first kappa shape index (κ1) is 23.3. The van der Waals surface area contributed by atoms with Gasteiger partial charge in [0, 0.05) is 11.4 Å². The molecule has 3 aromatic rings. The van der Waals surface area contributed by atoms with E-state index >= 15 is 0 Å². The summed E-state index contributed by atoms with van der Waals surface area (Å²) in [5, 5.41) is 3.33. The van der Waals surface area contributed by atoms with E-state index in [4.69, 9.17) is 21.1 Å². The molecule has 0 aromatic heterocycles. The molecular weight excluding hydrogens is 433 g/mol. The molecule has 0 bridgehead atoms. The molecule has 0 saturated heterocycles. The van der Waals surface area contributed by atoms with Crippen LogP contribution in [0.2, 0.25) is 5.02 Å². The summed E-state index contributed by atoms with van der Waals surface area (Å²) >= 11 is 6.11. The molecule has 1 N–H and O–H groups in total. The lowest BCUT2D eigenvalue weighted by Gasteiger charge is -2.17. The molecule has 0 unspecified atom stereocenters. The first-order chi connectivity index (χ1) is 15.4. The van der Waals surface area contributed by atoms with Gasteiger partial charge in [-0.25, -0.2) is 9.18 Å². The number of halogens is 2. The van der Waals surface area contributed by atoms with Crippen molar-refractivity contribution >= 4 is 23.5 Å². The lowest BCUT2D eigenvalue weighted by atomic mass is 10.1. The Balaban J connectivity index is 1.66. The minimum Gasteiger partial charge on any atom is -0.492 e. The van der Waals surface area contributed by atoms with Crippen molar-refractivity contribution in [1.29, 1.82) is 0 Å². The minimum absolute atomic E-state index is 0.291. The third-order valence-corrected chi connectivity index (χ3v) is 5.16. The maximum Gasteiger partial charge on any atom is 0.337 e. The number of hydrogen-bond donors (Lipinski definition) is 1. The van der Waals surface area contributed by atoms with Gasteiger partial charge in [-0.05, 0) is 60.5 Å². The van der Waals surface area contributed by atoms with Gasteiger partial charge in [-0.3, -0.25) is 4.79 Å². The van der Waals surface area contributed by atoms with E-state index in [0.29, 0.717) is 34.9 Å². The Morgan fingerprint density at radius 3 is 2.38 bits per heavy atom. The Labute approximate surface area is 191 Å². The molecule has 3 aromatic carbocycles. The molecule has 0 aliphatic rings. The third kappa shape index (κ3) is 6.08. The number of carbonyl (C=O) groups excluding carboxylic acids is 2. The lowest BCUT2D eigenvalue weighted by Crippen LogP contribution is -2.27. The van der Waals surface area contributed by atoms with Crippen molar-refractivity contribution in [2.24, 2.45) is 0 Å². The molecule has 0 fully saturated rings. The number of carbonyl (C=O) groups is 2. The van der Waals surface area contributed by atoms with Crippen molar-refractivity contribution in [1.82, 2.24) is 5.32 Å². The highest BCUT2D eigenvalue weighted by Crippen LogP contribution is 2.24. The predicted octanol–water partition coefficient (Wildman–Crippen LogP) is 5.38. The Morgan fingerprint density at radius 1 is 1.03 bits per heavy atom. The number of methoxy groups -OCH3 is 1. The molecule has 0 radical (unpaired) electrons. The van der Waals surface area contributed by atoms with Gasteiger partial charge in [0.25, 0.3) is 5.91 Å². The third-order valence-electron chi connectivity index (χ3n) is 4.93. The van der Waals surface area contributed by atoms with Crippen molar-refractivity contribution in [2.45, 2.75) is 19.4 Å². The van der Waals surface area contributed by atoms with Crippen LogP contribution in [0.25, 0.3) is 0 Å². The average Bonchev–Trinajstić information content (AvgIpc) is 2.80. The number of ether oxygens (including phenoxy) is 2. The number of nitrogens with one attached hydrogen (secondary N) is 1. The zero-order valence-corrected chi connectivity index (χ0v) is 18.5. The van der Waals surface area contributed by atoms with E-state index < -0.39 is 5.97 Å². The molecule has 32 heavy (non-hydrogen) atoms. The van der Waals surface area contributed by atoms with E-state index in [0.717, 1.165) is 11.1 Å². The number of rotatable bonds is 8. The minimum atomic E-state index is -0.422. The predicted molar refractivity (Wildman–Crippen MR) is 121 cm³/mol. The monoisotopic (exact) mass is 455 g/mol. The molecule has 7 heteroatoms. The van der Waals surface area contributed by atoms with Crippen LogP contribution in [0.15, 0.2) is 66.7 Å². The van der Waals surface area contributed by atoms with E-state index in [1.165, 1.54) is 19.2 Å². The highest BCUT2D eigenvalue weighted by molar-refractivity contribution is 6.31. The van der Waals surface area contributed by atoms with E-state index in [-0.39, 0.29) is 17.8 Å². The van der Waals surface area contributed by atoms with Gasteiger partial charge >= 0.3 is 5.97 Å². The molecule has 166 valence electrons. The number of benzene rings is 3. The molecule has 3 rings (SSSR count). The summed E-state index contributed by atoms with van der Waals surface area (Å²) in [5.41, 5.74) is 2.50. The Kier molecular flexibility index (Phi) is 7.84. The van der Waals surface area contributed by atoms with Gasteiger partial charge in [0.05, 0.1) is 30.9 Å². The molecule has 0 saturated carbocycles. The van der Waals surface area contributed by atoms with E-state index in [1.807, 2.05) is 6.92 Å². The van der Waals surface area contributed by atoms with Gasteiger partial charge in [0.2, 0.25) is 0 Å². The van der Waals surface area contributed by atoms with Gasteiger partial charge in [-0.2, -0.15) is 0 Å². The van der Waals surface area contributed by atoms with Crippen LogP contribution in [0.4, 0.5) is 4.39 Å². The Morgan fingerprint density at radius 2 is 1.72 bits per heavy atom. The summed E-state index contributed by atoms with van der Waals surface area (Å²) in [6.07, 6.45) is 0.562. The van der Waals surface area contributed by atoms with E-state index in [2.05, 4.69) is 5.32 Å². The van der Waals surface area contributed by atoms with Crippen LogP contribution >= 0.6 is 11.6 Å². The highest BCUT2D eigenvalue weighted by atomic mass is 35.5. The molecule has 5 nitrogen and oxygen atoms in total. The summed E-state index contributed by atoms with van der Waals surface area (Å²) in [5.74, 6) is -0.647. The average molecular weight is 456 g/mol. The number of hydrogen-bond acceptors (Lipinski definition) is 4. The largest absolute Gasteiger partial charge is 0.492 e. The quantitative estimate of drug-likeness (QED) is 0.463. The van der Waals surface area contributed by atoms with Gasteiger partial charge < -0.3 is 14.8 Å². The first-order valence-electron chi connectivity index (χ1n) is 10.0. The summed E-state index contributed by atoms with van der Waals surface area (Å²) < 4.78 is 23.6. The van der Waals surface area contributed by atoms with Crippen molar-refractivity contribution < 1.29 is 23.5 Å². The second-order valence-electron chi connectivity index (χ2n) is 7.17. The molecule has 1 atom stereocenters. The van der Waals surface area contributed by atoms with Gasteiger partial charge in [0.15, 0.2) is 0 Å². The van der Waals surface area contributed by atoms with Crippen molar-refractivity contribution in [3.8, 4) is 5.75 Å². The molecule has 0 spiro atoms. The molecule has 0 aliphatic carbocycles. The van der Waals surface area contributed by atoms with Crippen molar-refractivity contribution in [3.63, 3.8) is 0 Å². The van der Waals surface area contributed by atoms with Crippen molar-refractivity contribution in [3.05, 3.63) is 99.8 Å². The summed E-state index contributed by atoms with van der Waals surface area (Å²) in [4.78, 5) is 24.5. The zero-order chi connectivity index (χ0) is 23.1. The van der Waals surface area contributed by atoms with Gasteiger partial charge in [-0.1, -0.05) is 35.9 Å². The van der Waals surface area contributed by atoms with E-state index in [9.17, 15) is 14.0 Å². The molecule has 0 aliphatic heterocycles. The van der Waals surface area contributed by atoms with E-state index in [1.54, 1.807) is 54.6 Å². The zero-order valence-electron chi connectivity index (χ0n) is 17.7. The van der Waals surface area contributed by atoms with Crippen LogP contribution in [0.1, 0.15) is 44.8 Å². The van der Waals surface area contributed by atoms with Crippen LogP contribution in [-0.2, 0) is 11.2 Å². The normalized spacial score (nSPS) is 11.5. The van der Waals surface area contributed by atoms with Crippen LogP contribution in [0.5, 0.6) is 5.75 Å². The fourth-order valence-corrected chi connectivity index (χ4v) is 3.29. The fourth-order valence-electron chi connectivity index (χ4n) is 3.12. The smallest absolute Gasteiger partial charge is 0.337 e. The SMILES string of the molecule is COC(=O)c1ccc([C@H](C)NC(=O)c2cc(Cl)ccc2OCCc2ccc(F)cc2)cc1. The van der Waals surface area contributed by atoms with Crippen LogP contribution in [0, 0.1) is 5.82 Å². The molecular formula is C25H23ClFNO4. The second kappa shape index (κ2) is 10.8. The molecule has 0 heterocycles. The Hall–Kier alpha value is -3.38. The first-order valence-corrected chi connectivity index (χ1v) is 10.4. The van der Waals surface area contributed by atoms with Gasteiger partial charge in [-0.15, -0.1) is 0 Å². The second-order valence-corrected chi connectivity index (χ2v) is 7.61. The molecule has 1 amide bonds. The maximum absolute atomic E-state index is 13.0. The number of esters is 1. The van der Waals surface area contributed by atoms with Gasteiger partial charge in [0.1, 0.15) is 11.6 Å². The summed E-state index contributed by atoms with van der Waals surface area (Å²) in [6.45, 7) is 2.16. The standard InChI is InChI=1S/C25H23ClFNO4/c1-16(18-5-7-19(8-6-18)25(30)31-2)28-24(29)22-15-20(26)9-12-23(22)32-14-13-17-3-10-21(27)11-4-17/h3-12,15-16H,13-14H2,1-2H3,(H,28,29)/t16-/m0/s1. The number of amides is 1.